The van der Waals surface area contributed by atoms with Crippen molar-refractivity contribution >= 4 is 23.3 Å². The number of carbonyl (C=O) groups is 2. The molecule has 1 aromatic heterocycles. The van der Waals surface area contributed by atoms with E-state index >= 15 is 0 Å². The van der Waals surface area contributed by atoms with Crippen molar-refractivity contribution in [3.05, 3.63) is 35.2 Å². The number of hydrogen-bond acceptors (Lipinski definition) is 7. The summed E-state index contributed by atoms with van der Waals surface area (Å²) in [6.45, 7) is 12.6. The summed E-state index contributed by atoms with van der Waals surface area (Å²) in [6, 6.07) is 4.79. The van der Waals surface area contributed by atoms with Crippen LogP contribution in [0, 0.1) is 19.8 Å². The number of nitrogens with one attached hydrogen (secondary N) is 2. The lowest BCUT2D eigenvalue weighted by atomic mass is 10.0. The summed E-state index contributed by atoms with van der Waals surface area (Å²) in [7, 11) is 3.45. The van der Waals surface area contributed by atoms with Crippen LogP contribution in [0.1, 0.15) is 49.0 Å². The summed E-state index contributed by atoms with van der Waals surface area (Å²) in [5.74, 6) is 1.01. The second-order valence-electron chi connectivity index (χ2n) is 9.58. The largest absolute Gasteiger partial charge is 0.491 e. The lowest BCUT2D eigenvalue weighted by molar-refractivity contribution is 0.0108. The number of aryl methyl sites for hydroxylation is 2. The number of carbonyl (C=O) groups excluding carboxylic acids is 2. The molecule has 0 unspecified atom stereocenters. The van der Waals surface area contributed by atoms with Crippen LogP contribution in [-0.4, -0.2) is 79.4 Å². The first-order valence-corrected chi connectivity index (χ1v) is 12.4. The number of rotatable bonds is 5. The van der Waals surface area contributed by atoms with Gasteiger partial charge in [0.15, 0.2) is 5.76 Å². The first-order valence-electron chi connectivity index (χ1n) is 12.4. The monoisotopic (exact) mass is 501 g/mol. The van der Waals surface area contributed by atoms with Crippen LogP contribution >= 0.6 is 0 Å². The lowest BCUT2D eigenvalue weighted by Gasteiger charge is -2.35. The summed E-state index contributed by atoms with van der Waals surface area (Å²) in [4.78, 5) is 30.2. The van der Waals surface area contributed by atoms with Crippen molar-refractivity contribution in [2.75, 3.05) is 51.0 Å². The van der Waals surface area contributed by atoms with Gasteiger partial charge >= 0.3 is 6.03 Å². The van der Waals surface area contributed by atoms with Crippen LogP contribution in [0.4, 0.5) is 16.2 Å². The molecule has 0 fully saturated rings. The number of aromatic nitrogens is 1. The molecule has 0 radical (unpaired) electrons. The van der Waals surface area contributed by atoms with Gasteiger partial charge in [-0.1, -0.05) is 19.0 Å². The Balaban J connectivity index is 1.87. The molecule has 0 bridgehead atoms. The smallest absolute Gasteiger partial charge is 0.323 e. The Morgan fingerprint density at radius 2 is 1.97 bits per heavy atom. The predicted molar refractivity (Wildman–Crippen MR) is 139 cm³/mol. The normalized spacial score (nSPS) is 21.7. The Morgan fingerprint density at radius 1 is 1.22 bits per heavy atom. The minimum Gasteiger partial charge on any atom is -0.491 e. The van der Waals surface area contributed by atoms with Crippen LogP contribution in [0.25, 0.3) is 0 Å². The molecule has 3 amide bonds. The molecule has 0 aliphatic carbocycles. The van der Waals surface area contributed by atoms with Gasteiger partial charge in [-0.15, -0.1) is 0 Å². The number of fused-ring (bicyclic) bond motifs is 1. The van der Waals surface area contributed by atoms with Gasteiger partial charge in [-0.05, 0) is 57.9 Å². The molecule has 0 spiro atoms. The van der Waals surface area contributed by atoms with Crippen molar-refractivity contribution in [1.82, 2.24) is 15.0 Å². The molecule has 2 heterocycles. The Hall–Kier alpha value is -3.11. The fourth-order valence-corrected chi connectivity index (χ4v) is 4.47. The van der Waals surface area contributed by atoms with E-state index in [-0.39, 0.29) is 24.0 Å². The fourth-order valence-electron chi connectivity index (χ4n) is 4.47. The third-order valence-electron chi connectivity index (χ3n) is 6.61. The molecular formula is C26H39N5O5. The highest BCUT2D eigenvalue weighted by Crippen LogP contribution is 2.27. The number of urea groups is 1. The van der Waals surface area contributed by atoms with Crippen LogP contribution in [0.5, 0.6) is 5.75 Å². The number of amides is 3. The molecule has 3 rings (SSSR count). The van der Waals surface area contributed by atoms with Crippen LogP contribution in [-0.2, 0) is 4.74 Å². The maximum atomic E-state index is 13.5. The molecule has 198 valence electrons. The first-order chi connectivity index (χ1) is 17.1. The maximum Gasteiger partial charge on any atom is 0.323 e. The van der Waals surface area contributed by atoms with Crippen molar-refractivity contribution in [2.45, 2.75) is 53.2 Å². The van der Waals surface area contributed by atoms with Crippen LogP contribution in [0.2, 0.25) is 0 Å². The Bertz CT molecular complexity index is 1040. The Labute approximate surface area is 213 Å². The zero-order chi connectivity index (χ0) is 26.4. The van der Waals surface area contributed by atoms with Crippen LogP contribution in [0.3, 0.4) is 0 Å². The number of anilines is 2. The minimum atomic E-state index is -0.462. The standard InChI is InChI=1S/C26H39N5O5/c1-8-11-31-13-16(2)23(34-7)14-30(6)25(32)21-12-20(9-10-22(21)35-15-17(31)3)27-26(33)28-24-18(4)29-36-19(24)5/h9-10,12,16-17,23H,8,11,13-15H2,1-7H3,(H2,27,28,33)/t16-,17-,23-/m1/s1. The van der Waals surface area contributed by atoms with Gasteiger partial charge < -0.3 is 29.5 Å². The summed E-state index contributed by atoms with van der Waals surface area (Å²) in [5.41, 5.74) is 1.94. The predicted octanol–water partition coefficient (Wildman–Crippen LogP) is 4.15. The number of nitrogens with zero attached hydrogens (tertiary/aromatic N) is 3. The molecule has 1 aliphatic heterocycles. The lowest BCUT2D eigenvalue weighted by Crippen LogP contribution is -2.46. The molecule has 2 aromatic rings. The second-order valence-corrected chi connectivity index (χ2v) is 9.58. The summed E-state index contributed by atoms with van der Waals surface area (Å²) < 4.78 is 17.1. The van der Waals surface area contributed by atoms with Gasteiger partial charge in [-0.25, -0.2) is 4.79 Å². The van der Waals surface area contributed by atoms with Crippen LogP contribution < -0.4 is 15.4 Å². The van der Waals surface area contributed by atoms with E-state index in [0.29, 0.717) is 47.3 Å². The van der Waals surface area contributed by atoms with Gasteiger partial charge in [-0.2, -0.15) is 0 Å². The quantitative estimate of drug-likeness (QED) is 0.633. The third-order valence-corrected chi connectivity index (χ3v) is 6.61. The average molecular weight is 502 g/mol. The van der Waals surface area contributed by atoms with Crippen LogP contribution in [0.15, 0.2) is 22.7 Å². The molecule has 1 aromatic carbocycles. The highest BCUT2D eigenvalue weighted by molar-refractivity contribution is 6.02. The van der Waals surface area contributed by atoms with Crippen molar-refractivity contribution in [1.29, 1.82) is 0 Å². The van der Waals surface area contributed by atoms with E-state index in [4.69, 9.17) is 14.0 Å². The Kier molecular flexibility index (Phi) is 9.33. The molecular weight excluding hydrogens is 462 g/mol. The molecule has 0 saturated carbocycles. The average Bonchev–Trinajstić information content (AvgIpc) is 3.16. The van der Waals surface area contributed by atoms with Crippen molar-refractivity contribution < 1.29 is 23.6 Å². The number of likely N-dealkylation sites (N-methyl/N-ethyl adjacent to an activating group) is 1. The minimum absolute atomic E-state index is 0.114. The van der Waals surface area contributed by atoms with E-state index in [1.54, 1.807) is 51.1 Å². The van der Waals surface area contributed by atoms with Gasteiger partial charge in [-0.3, -0.25) is 9.69 Å². The Morgan fingerprint density at radius 3 is 2.61 bits per heavy atom. The zero-order valence-electron chi connectivity index (χ0n) is 22.4. The maximum absolute atomic E-state index is 13.5. The van der Waals surface area contributed by atoms with Crippen molar-refractivity contribution in [3.8, 4) is 5.75 Å². The van der Waals surface area contributed by atoms with Gasteiger partial charge in [0.1, 0.15) is 23.7 Å². The van der Waals surface area contributed by atoms with Gasteiger partial charge in [0.05, 0.1) is 11.7 Å². The number of hydrogen-bond donors (Lipinski definition) is 2. The van der Waals surface area contributed by atoms with E-state index in [9.17, 15) is 9.59 Å². The molecule has 10 nitrogen and oxygen atoms in total. The van der Waals surface area contributed by atoms with Gasteiger partial charge in [0, 0.05) is 39.0 Å². The number of ether oxygens (including phenoxy) is 2. The fraction of sp³-hybridized carbons (Fsp3) is 0.577. The van der Waals surface area contributed by atoms with E-state index in [1.165, 1.54) is 0 Å². The van der Waals surface area contributed by atoms with E-state index in [1.807, 2.05) is 0 Å². The zero-order valence-corrected chi connectivity index (χ0v) is 22.4. The van der Waals surface area contributed by atoms with E-state index in [2.05, 4.69) is 41.5 Å². The topological polar surface area (TPSA) is 109 Å². The molecule has 10 heteroatoms. The third kappa shape index (κ3) is 6.55. The number of methoxy groups -OCH3 is 1. The van der Waals surface area contributed by atoms with Crippen molar-refractivity contribution in [2.24, 2.45) is 5.92 Å². The second kappa shape index (κ2) is 12.2. The van der Waals surface area contributed by atoms with E-state index in [0.717, 1.165) is 19.5 Å². The highest BCUT2D eigenvalue weighted by atomic mass is 16.5. The summed E-state index contributed by atoms with van der Waals surface area (Å²) >= 11 is 0. The molecule has 1 aliphatic rings. The van der Waals surface area contributed by atoms with Crippen molar-refractivity contribution in [3.63, 3.8) is 0 Å². The molecule has 36 heavy (non-hydrogen) atoms. The molecule has 3 atom stereocenters. The first kappa shape index (κ1) is 27.5. The molecule has 0 saturated heterocycles. The summed E-state index contributed by atoms with van der Waals surface area (Å²) in [6.07, 6.45) is 0.922. The SMILES string of the molecule is CCCN1C[C@@H](C)[C@H](OC)CN(C)C(=O)c2cc(NC(=O)Nc3c(C)noc3C)ccc2OC[C@H]1C. The molecule has 2 N–H and O–H groups in total. The van der Waals surface area contributed by atoms with Gasteiger partial charge in [0.2, 0.25) is 0 Å². The summed E-state index contributed by atoms with van der Waals surface area (Å²) in [5, 5.41) is 9.38. The van der Waals surface area contributed by atoms with E-state index < -0.39 is 6.03 Å². The number of benzene rings is 1. The highest BCUT2D eigenvalue weighted by Gasteiger charge is 2.28. The van der Waals surface area contributed by atoms with Gasteiger partial charge in [0.25, 0.3) is 5.91 Å².